The predicted octanol–water partition coefficient (Wildman–Crippen LogP) is 3.54. The minimum atomic E-state index is -4.15. The summed E-state index contributed by atoms with van der Waals surface area (Å²) < 4.78 is 40.0. The number of carbonyl (C=O) groups is 1. The van der Waals surface area contributed by atoms with Gasteiger partial charge in [-0.3, -0.25) is 0 Å². The highest BCUT2D eigenvalue weighted by atomic mass is 32.2. The summed E-state index contributed by atoms with van der Waals surface area (Å²) >= 11 is 0.675. The van der Waals surface area contributed by atoms with Crippen molar-refractivity contribution in [2.75, 3.05) is 12.4 Å². The minimum Gasteiger partial charge on any atom is -0.303 e. The molecule has 106 valence electrons. The first kappa shape index (κ1) is 15.8. The highest BCUT2D eigenvalue weighted by Crippen LogP contribution is 2.28. The zero-order valence-corrected chi connectivity index (χ0v) is 10.8. The van der Waals surface area contributed by atoms with Crippen LogP contribution in [0, 0.1) is 11.8 Å². The topological polar surface area (TPSA) is 35.5 Å². The molecule has 7 heteroatoms. The van der Waals surface area contributed by atoms with E-state index in [1.165, 1.54) is 0 Å². The third-order valence-electron chi connectivity index (χ3n) is 2.95. The van der Waals surface area contributed by atoms with E-state index in [0.717, 1.165) is 32.0 Å². The predicted molar refractivity (Wildman–Crippen MR) is 61.7 cm³/mol. The number of aldehydes is 1. The standard InChI is InChI=1S/C11H17F3O3S/c12-11(13,14)5-6-18-17-16-8-10-3-1-9(7-15)2-4-10/h7,9-10H,1-6,8H2. The quantitative estimate of drug-likeness (QED) is 0.236. The maximum atomic E-state index is 11.8. The van der Waals surface area contributed by atoms with E-state index in [1.807, 2.05) is 0 Å². The number of hydrogen-bond acceptors (Lipinski definition) is 4. The summed E-state index contributed by atoms with van der Waals surface area (Å²) in [5.41, 5.74) is 0. The van der Waals surface area contributed by atoms with E-state index in [9.17, 15) is 18.0 Å². The highest BCUT2D eigenvalue weighted by Gasteiger charge is 2.26. The van der Waals surface area contributed by atoms with Gasteiger partial charge in [0.2, 0.25) is 0 Å². The summed E-state index contributed by atoms with van der Waals surface area (Å²) in [6.07, 6.45) is -0.521. The van der Waals surface area contributed by atoms with Crippen LogP contribution in [0.25, 0.3) is 0 Å². The van der Waals surface area contributed by atoms with Crippen LogP contribution in [0.5, 0.6) is 0 Å². The molecule has 0 aromatic carbocycles. The molecule has 3 nitrogen and oxygen atoms in total. The van der Waals surface area contributed by atoms with Crippen molar-refractivity contribution in [3.05, 3.63) is 0 Å². The number of hydrogen-bond donors (Lipinski definition) is 0. The lowest BCUT2D eigenvalue weighted by atomic mass is 9.83. The van der Waals surface area contributed by atoms with E-state index in [1.54, 1.807) is 0 Å². The minimum absolute atomic E-state index is 0.156. The van der Waals surface area contributed by atoms with Crippen molar-refractivity contribution in [1.82, 2.24) is 0 Å². The maximum Gasteiger partial charge on any atom is 0.389 e. The molecule has 0 radical (unpaired) electrons. The summed E-state index contributed by atoms with van der Waals surface area (Å²) in [4.78, 5) is 15.4. The smallest absolute Gasteiger partial charge is 0.303 e. The van der Waals surface area contributed by atoms with Gasteiger partial charge in [-0.2, -0.15) is 17.5 Å². The highest BCUT2D eigenvalue weighted by molar-refractivity contribution is 7.94. The molecule has 0 bridgehead atoms. The van der Waals surface area contributed by atoms with Crippen LogP contribution in [-0.4, -0.2) is 24.8 Å². The fourth-order valence-electron chi connectivity index (χ4n) is 1.84. The second-order valence-corrected chi connectivity index (χ2v) is 5.24. The zero-order chi connectivity index (χ0) is 13.4. The van der Waals surface area contributed by atoms with Crippen molar-refractivity contribution >= 4 is 18.3 Å². The van der Waals surface area contributed by atoms with E-state index >= 15 is 0 Å². The van der Waals surface area contributed by atoms with Gasteiger partial charge in [-0.25, -0.2) is 4.89 Å². The van der Waals surface area contributed by atoms with E-state index < -0.39 is 12.6 Å². The van der Waals surface area contributed by atoms with Gasteiger partial charge in [0, 0.05) is 23.7 Å². The number of alkyl halides is 3. The molecule has 0 amide bonds. The molecule has 1 aliphatic carbocycles. The first-order valence-electron chi connectivity index (χ1n) is 5.94. The van der Waals surface area contributed by atoms with Crippen molar-refractivity contribution in [1.29, 1.82) is 0 Å². The Morgan fingerprint density at radius 3 is 2.44 bits per heavy atom. The lowest BCUT2D eigenvalue weighted by molar-refractivity contribution is -0.204. The van der Waals surface area contributed by atoms with Crippen LogP contribution in [0.1, 0.15) is 32.1 Å². The average molecular weight is 286 g/mol. The molecule has 1 rings (SSSR count). The molecule has 0 aromatic rings. The Morgan fingerprint density at radius 1 is 1.22 bits per heavy atom. The molecule has 18 heavy (non-hydrogen) atoms. The van der Waals surface area contributed by atoms with Crippen LogP contribution in [0.3, 0.4) is 0 Å². The Kier molecular flexibility index (Phi) is 7.03. The van der Waals surface area contributed by atoms with Gasteiger partial charge in [0.1, 0.15) is 6.29 Å². The molecule has 0 heterocycles. The van der Waals surface area contributed by atoms with Crippen LogP contribution in [-0.2, 0) is 14.0 Å². The Hall–Kier alpha value is -0.270. The van der Waals surface area contributed by atoms with Gasteiger partial charge in [-0.1, -0.05) is 0 Å². The molecule has 0 atom stereocenters. The largest absolute Gasteiger partial charge is 0.389 e. The second kappa shape index (κ2) is 8.01. The second-order valence-electron chi connectivity index (χ2n) is 4.46. The summed E-state index contributed by atoms with van der Waals surface area (Å²) in [5, 5.41) is 0. The molecule has 1 saturated carbocycles. The molecule has 0 aromatic heterocycles. The Bertz CT molecular complexity index is 240. The van der Waals surface area contributed by atoms with Crippen LogP contribution in [0.2, 0.25) is 0 Å². The summed E-state index contributed by atoms with van der Waals surface area (Å²) in [6.45, 7) is 0.380. The lowest BCUT2D eigenvalue weighted by Gasteiger charge is -2.24. The zero-order valence-electron chi connectivity index (χ0n) is 9.95. The van der Waals surface area contributed by atoms with Crippen molar-refractivity contribution in [3.8, 4) is 0 Å². The fourth-order valence-corrected chi connectivity index (χ4v) is 2.35. The first-order valence-corrected chi connectivity index (χ1v) is 6.85. The Labute approximate surface area is 109 Å². The summed E-state index contributed by atoms with van der Waals surface area (Å²) in [7, 11) is 0. The first-order chi connectivity index (χ1) is 8.51. The molecule has 0 unspecified atom stereocenters. The van der Waals surface area contributed by atoms with Gasteiger partial charge < -0.3 is 4.79 Å². The van der Waals surface area contributed by atoms with Crippen molar-refractivity contribution < 1.29 is 27.2 Å². The number of rotatable bonds is 7. The van der Waals surface area contributed by atoms with Crippen LogP contribution in [0.15, 0.2) is 0 Å². The Morgan fingerprint density at radius 2 is 1.89 bits per heavy atom. The van der Waals surface area contributed by atoms with E-state index in [2.05, 4.69) is 4.33 Å². The number of carbonyl (C=O) groups excluding carboxylic acids is 1. The average Bonchev–Trinajstić information content (AvgIpc) is 2.33. The summed E-state index contributed by atoms with van der Waals surface area (Å²) in [6, 6.07) is 0. The van der Waals surface area contributed by atoms with Crippen molar-refractivity contribution in [3.63, 3.8) is 0 Å². The molecular weight excluding hydrogens is 269 g/mol. The monoisotopic (exact) mass is 286 g/mol. The molecule has 0 saturated heterocycles. The van der Waals surface area contributed by atoms with Crippen molar-refractivity contribution in [2.24, 2.45) is 11.8 Å². The molecule has 1 fully saturated rings. The number of halogens is 3. The SMILES string of the molecule is O=CC1CCC(COOSCCC(F)(F)F)CC1. The van der Waals surface area contributed by atoms with Gasteiger partial charge in [0.05, 0.1) is 13.0 Å². The molecule has 0 N–H and O–H groups in total. The van der Waals surface area contributed by atoms with E-state index in [4.69, 9.17) is 4.89 Å². The fraction of sp³-hybridized carbons (Fsp3) is 0.909. The molecule has 1 aliphatic rings. The molecule has 0 spiro atoms. The maximum absolute atomic E-state index is 11.8. The molecular formula is C11H17F3O3S. The Balaban J connectivity index is 1.94. The van der Waals surface area contributed by atoms with Crippen LogP contribution < -0.4 is 0 Å². The van der Waals surface area contributed by atoms with Gasteiger partial charge in [0.25, 0.3) is 0 Å². The summed E-state index contributed by atoms with van der Waals surface area (Å²) in [5.74, 6) is 0.328. The van der Waals surface area contributed by atoms with Crippen LogP contribution >= 0.6 is 12.0 Å². The molecule has 0 aliphatic heterocycles. The van der Waals surface area contributed by atoms with Gasteiger partial charge in [-0.15, -0.1) is 0 Å². The normalized spacial score (nSPS) is 25.1. The van der Waals surface area contributed by atoms with Crippen molar-refractivity contribution in [2.45, 2.75) is 38.3 Å². The van der Waals surface area contributed by atoms with Crippen LogP contribution in [0.4, 0.5) is 13.2 Å². The third-order valence-corrected chi connectivity index (χ3v) is 3.52. The van der Waals surface area contributed by atoms with E-state index in [0.29, 0.717) is 24.6 Å². The third kappa shape index (κ3) is 7.23. The lowest BCUT2D eigenvalue weighted by Crippen LogP contribution is -2.19. The van der Waals surface area contributed by atoms with Gasteiger partial charge in [-0.05, 0) is 31.6 Å². The van der Waals surface area contributed by atoms with Gasteiger partial charge >= 0.3 is 6.18 Å². The van der Waals surface area contributed by atoms with Gasteiger partial charge in [0.15, 0.2) is 0 Å². The van der Waals surface area contributed by atoms with E-state index in [-0.39, 0.29) is 11.7 Å².